The molecule has 0 atom stereocenters. The molecule has 0 aliphatic carbocycles. The number of hydrogen-bond acceptors (Lipinski definition) is 2. The molecule has 40 valence electrons. The van der Waals surface area contributed by atoms with Gasteiger partial charge in [0.2, 0.25) is 5.95 Å². The molecule has 1 heterocycles. The van der Waals surface area contributed by atoms with Gasteiger partial charge in [0.15, 0.2) is 0 Å². The van der Waals surface area contributed by atoms with Crippen molar-refractivity contribution in [1.82, 2.24) is 10.6 Å². The Hall–Kier alpha value is -0.730. The molecule has 0 saturated heterocycles. The quantitative estimate of drug-likeness (QED) is 0.419. The lowest BCUT2D eigenvalue weighted by Crippen LogP contribution is -2.28. The second-order valence-corrected chi connectivity index (χ2v) is 1.37. The fourth-order valence-electron chi connectivity index (χ4n) is 0.467. The molecule has 0 aromatic rings. The van der Waals surface area contributed by atoms with Crippen molar-refractivity contribution in [3.8, 4) is 0 Å². The molecule has 3 heteroatoms. The number of hydrogen-bond donors (Lipinski definition) is 2. The van der Waals surface area contributed by atoms with Crippen molar-refractivity contribution < 1.29 is 4.39 Å². The minimum atomic E-state index is -0.272. The van der Waals surface area contributed by atoms with Crippen LogP contribution in [0, 0.1) is 0 Å². The second-order valence-electron chi connectivity index (χ2n) is 1.37. The minimum absolute atomic E-state index is 0.272. The Kier molecular flexibility index (Phi) is 1.15. The molecule has 2 nitrogen and oxygen atoms in total. The molecule has 1 rings (SSSR count). The van der Waals surface area contributed by atoms with Crippen LogP contribution in [-0.4, -0.2) is 13.1 Å². The third-order valence-corrected chi connectivity index (χ3v) is 0.792. The molecule has 1 aliphatic heterocycles. The van der Waals surface area contributed by atoms with Crippen molar-refractivity contribution in [3.63, 3.8) is 0 Å². The van der Waals surface area contributed by atoms with Gasteiger partial charge in [-0.1, -0.05) is 0 Å². The molecule has 0 spiro atoms. The summed E-state index contributed by atoms with van der Waals surface area (Å²) in [5, 5.41) is 5.25. The van der Waals surface area contributed by atoms with Gasteiger partial charge < -0.3 is 10.6 Å². The summed E-state index contributed by atoms with van der Waals surface area (Å²) in [6, 6.07) is 0. The van der Waals surface area contributed by atoms with Crippen LogP contribution >= 0.6 is 0 Å². The summed E-state index contributed by atoms with van der Waals surface area (Å²) in [7, 11) is 0. The first-order valence-corrected chi connectivity index (χ1v) is 2.22. The Labute approximate surface area is 41.4 Å². The molecule has 0 amide bonds. The van der Waals surface area contributed by atoms with E-state index in [1.54, 1.807) is 0 Å². The van der Waals surface area contributed by atoms with Gasteiger partial charge in [-0.05, 0) is 0 Å². The Bertz CT molecular complexity index is 89.7. The molecular formula is C4H7FN2. The summed E-state index contributed by atoms with van der Waals surface area (Å²) in [6.07, 6.45) is 1.32. The molecule has 7 heavy (non-hydrogen) atoms. The number of halogens is 1. The molecule has 0 radical (unpaired) electrons. The lowest BCUT2D eigenvalue weighted by molar-refractivity contribution is 0.506. The zero-order valence-corrected chi connectivity index (χ0v) is 3.87. The van der Waals surface area contributed by atoms with E-state index in [4.69, 9.17) is 0 Å². The summed E-state index contributed by atoms with van der Waals surface area (Å²) in [5.74, 6) is -0.272. The Morgan fingerprint density at radius 1 is 1.57 bits per heavy atom. The maximum atomic E-state index is 11.9. The highest BCUT2D eigenvalue weighted by molar-refractivity contribution is 4.90. The third kappa shape index (κ3) is 1.07. The van der Waals surface area contributed by atoms with E-state index in [1.165, 1.54) is 6.20 Å². The average molecular weight is 102 g/mol. The van der Waals surface area contributed by atoms with Gasteiger partial charge in [0.1, 0.15) is 0 Å². The van der Waals surface area contributed by atoms with E-state index in [-0.39, 0.29) is 5.95 Å². The van der Waals surface area contributed by atoms with Crippen molar-refractivity contribution in [3.05, 3.63) is 12.2 Å². The zero-order chi connectivity index (χ0) is 5.11. The minimum Gasteiger partial charge on any atom is -0.386 e. The lowest BCUT2D eigenvalue weighted by Gasteiger charge is -2.08. The summed E-state index contributed by atoms with van der Waals surface area (Å²) in [5.41, 5.74) is 0. The summed E-state index contributed by atoms with van der Waals surface area (Å²) in [6.45, 7) is 1.50. The van der Waals surface area contributed by atoms with Crippen LogP contribution in [-0.2, 0) is 0 Å². The first-order chi connectivity index (χ1) is 3.39. The number of nitrogens with one attached hydrogen (secondary N) is 2. The first kappa shape index (κ1) is 4.43. The van der Waals surface area contributed by atoms with Crippen molar-refractivity contribution in [2.75, 3.05) is 13.1 Å². The lowest BCUT2D eigenvalue weighted by atomic mass is 10.5. The van der Waals surface area contributed by atoms with Crippen LogP contribution in [0.15, 0.2) is 12.2 Å². The van der Waals surface area contributed by atoms with Gasteiger partial charge in [-0.25, -0.2) is 0 Å². The van der Waals surface area contributed by atoms with E-state index in [9.17, 15) is 4.39 Å². The van der Waals surface area contributed by atoms with Crippen LogP contribution in [0.4, 0.5) is 4.39 Å². The molecule has 0 aromatic heterocycles. The molecule has 0 bridgehead atoms. The standard InChI is InChI=1S/C4H7FN2/c5-4-3-6-1-2-7-4/h3,6-7H,1-2H2. The zero-order valence-electron chi connectivity index (χ0n) is 3.87. The largest absolute Gasteiger partial charge is 0.386 e. The summed E-state index contributed by atoms with van der Waals surface area (Å²) >= 11 is 0. The van der Waals surface area contributed by atoms with Crippen LogP contribution in [0.25, 0.3) is 0 Å². The van der Waals surface area contributed by atoms with Gasteiger partial charge in [-0.3, -0.25) is 0 Å². The van der Waals surface area contributed by atoms with E-state index in [0.717, 1.165) is 6.54 Å². The maximum absolute atomic E-state index is 11.9. The summed E-state index contributed by atoms with van der Waals surface area (Å²) in [4.78, 5) is 0. The monoisotopic (exact) mass is 102 g/mol. The molecule has 0 unspecified atom stereocenters. The third-order valence-electron chi connectivity index (χ3n) is 0.792. The van der Waals surface area contributed by atoms with Crippen molar-refractivity contribution >= 4 is 0 Å². The van der Waals surface area contributed by atoms with Crippen LogP contribution < -0.4 is 10.6 Å². The molecule has 1 aliphatic rings. The van der Waals surface area contributed by atoms with Crippen LogP contribution in [0.2, 0.25) is 0 Å². The van der Waals surface area contributed by atoms with Crippen LogP contribution in [0.3, 0.4) is 0 Å². The fourth-order valence-corrected chi connectivity index (χ4v) is 0.467. The smallest absolute Gasteiger partial charge is 0.202 e. The average Bonchev–Trinajstić information content (AvgIpc) is 1.69. The van der Waals surface area contributed by atoms with Crippen molar-refractivity contribution in [2.45, 2.75) is 0 Å². The van der Waals surface area contributed by atoms with Gasteiger partial charge in [-0.15, -0.1) is 0 Å². The van der Waals surface area contributed by atoms with E-state index in [1.807, 2.05) is 0 Å². The highest BCUT2D eigenvalue weighted by Gasteiger charge is 1.95. The second kappa shape index (κ2) is 1.82. The van der Waals surface area contributed by atoms with Gasteiger partial charge in [0.05, 0.1) is 6.20 Å². The van der Waals surface area contributed by atoms with Crippen molar-refractivity contribution in [1.29, 1.82) is 0 Å². The van der Waals surface area contributed by atoms with E-state index >= 15 is 0 Å². The van der Waals surface area contributed by atoms with E-state index in [0.29, 0.717) is 6.54 Å². The topological polar surface area (TPSA) is 24.1 Å². The highest BCUT2D eigenvalue weighted by Crippen LogP contribution is 1.88. The molecular weight excluding hydrogens is 95.1 g/mol. The molecule has 2 N–H and O–H groups in total. The first-order valence-electron chi connectivity index (χ1n) is 2.22. The highest BCUT2D eigenvalue weighted by atomic mass is 19.1. The predicted molar refractivity (Wildman–Crippen MR) is 25.2 cm³/mol. The Balaban J connectivity index is 2.40. The summed E-state index contributed by atoms with van der Waals surface area (Å²) < 4.78 is 11.9. The molecule has 0 saturated carbocycles. The van der Waals surface area contributed by atoms with E-state index < -0.39 is 0 Å². The van der Waals surface area contributed by atoms with Crippen LogP contribution in [0.1, 0.15) is 0 Å². The normalized spacial score (nSPS) is 19.3. The van der Waals surface area contributed by atoms with Crippen LogP contribution in [0.5, 0.6) is 0 Å². The van der Waals surface area contributed by atoms with Gasteiger partial charge in [0.25, 0.3) is 0 Å². The van der Waals surface area contributed by atoms with Crippen molar-refractivity contribution in [2.24, 2.45) is 0 Å². The SMILES string of the molecule is FC1=CNCCN1. The fraction of sp³-hybridized carbons (Fsp3) is 0.500. The van der Waals surface area contributed by atoms with E-state index in [2.05, 4.69) is 10.6 Å². The Morgan fingerprint density at radius 2 is 2.43 bits per heavy atom. The maximum Gasteiger partial charge on any atom is 0.202 e. The van der Waals surface area contributed by atoms with Gasteiger partial charge >= 0.3 is 0 Å². The number of rotatable bonds is 0. The van der Waals surface area contributed by atoms with Gasteiger partial charge in [0, 0.05) is 13.1 Å². The molecule has 0 fully saturated rings. The predicted octanol–water partition coefficient (Wildman–Crippen LogP) is -0.0524. The molecule has 0 aromatic carbocycles. The van der Waals surface area contributed by atoms with Gasteiger partial charge in [-0.2, -0.15) is 4.39 Å². The Morgan fingerprint density at radius 3 is 2.71 bits per heavy atom.